The average molecular weight is 399 g/mol. The standard InChI is InChI=1S/C11H9ClFIN2OS/c1-2-18-11-15-3-5-6(4-17)7(12)9(14)8(13)10(5)16-11/h3,17H,2,4H2,1H3. The first-order valence-corrected chi connectivity index (χ1v) is 7.60. The molecule has 1 N–H and O–H groups in total. The van der Waals surface area contributed by atoms with E-state index in [1.165, 1.54) is 18.0 Å². The van der Waals surface area contributed by atoms with Gasteiger partial charge in [0.25, 0.3) is 0 Å². The Labute approximate surface area is 126 Å². The van der Waals surface area contributed by atoms with Crippen LogP contribution in [-0.2, 0) is 6.61 Å². The SMILES string of the molecule is CCSc1ncc2c(CO)c(Cl)c(I)c(F)c2n1. The number of aliphatic hydroxyl groups excluding tert-OH is 1. The van der Waals surface area contributed by atoms with Crippen LogP contribution >= 0.6 is 46.0 Å². The highest BCUT2D eigenvalue weighted by Gasteiger charge is 2.18. The molecule has 2 rings (SSSR count). The molecule has 1 heterocycles. The van der Waals surface area contributed by atoms with Crippen molar-refractivity contribution >= 4 is 56.9 Å². The van der Waals surface area contributed by atoms with Crippen molar-refractivity contribution in [1.29, 1.82) is 0 Å². The van der Waals surface area contributed by atoms with Crippen molar-refractivity contribution in [2.24, 2.45) is 0 Å². The van der Waals surface area contributed by atoms with Crippen molar-refractivity contribution in [3.05, 3.63) is 26.2 Å². The molecule has 0 saturated carbocycles. The van der Waals surface area contributed by atoms with Crippen LogP contribution in [0.5, 0.6) is 0 Å². The third-order valence-corrected chi connectivity index (χ3v) is 4.87. The topological polar surface area (TPSA) is 46.0 Å². The van der Waals surface area contributed by atoms with Gasteiger partial charge in [-0.1, -0.05) is 30.3 Å². The maximum absolute atomic E-state index is 14.1. The summed E-state index contributed by atoms with van der Waals surface area (Å²) in [6.07, 6.45) is 1.51. The summed E-state index contributed by atoms with van der Waals surface area (Å²) in [5.74, 6) is 0.346. The van der Waals surface area contributed by atoms with E-state index in [0.29, 0.717) is 16.1 Å². The fourth-order valence-corrected chi connectivity index (χ4v) is 2.92. The van der Waals surface area contributed by atoms with E-state index in [1.54, 1.807) is 0 Å². The molecule has 7 heteroatoms. The van der Waals surface area contributed by atoms with E-state index in [9.17, 15) is 9.50 Å². The quantitative estimate of drug-likeness (QED) is 0.371. The molecule has 0 saturated heterocycles. The molecule has 1 aromatic heterocycles. The summed E-state index contributed by atoms with van der Waals surface area (Å²) in [7, 11) is 0. The highest BCUT2D eigenvalue weighted by Crippen LogP contribution is 2.33. The summed E-state index contributed by atoms with van der Waals surface area (Å²) in [4.78, 5) is 8.31. The third-order valence-electron chi connectivity index (χ3n) is 2.38. The van der Waals surface area contributed by atoms with E-state index in [0.717, 1.165) is 5.75 Å². The van der Waals surface area contributed by atoms with Crippen molar-refractivity contribution in [3.63, 3.8) is 0 Å². The molecular formula is C11H9ClFIN2OS. The first-order chi connectivity index (χ1) is 8.60. The maximum Gasteiger partial charge on any atom is 0.188 e. The van der Waals surface area contributed by atoms with Gasteiger partial charge in [-0.15, -0.1) is 0 Å². The smallest absolute Gasteiger partial charge is 0.188 e. The molecule has 0 unspecified atom stereocenters. The van der Waals surface area contributed by atoms with Gasteiger partial charge in [0.1, 0.15) is 5.52 Å². The van der Waals surface area contributed by atoms with Crippen molar-refractivity contribution in [2.75, 3.05) is 5.75 Å². The molecule has 0 radical (unpaired) electrons. The van der Waals surface area contributed by atoms with Gasteiger partial charge in [-0.2, -0.15) is 0 Å². The monoisotopic (exact) mass is 398 g/mol. The van der Waals surface area contributed by atoms with Crippen LogP contribution in [0.15, 0.2) is 11.4 Å². The van der Waals surface area contributed by atoms with Gasteiger partial charge < -0.3 is 5.11 Å². The lowest BCUT2D eigenvalue weighted by molar-refractivity contribution is 0.283. The van der Waals surface area contributed by atoms with E-state index < -0.39 is 5.82 Å². The minimum atomic E-state index is -0.465. The Morgan fingerprint density at radius 2 is 2.28 bits per heavy atom. The molecule has 0 spiro atoms. The molecule has 0 aliphatic carbocycles. The largest absolute Gasteiger partial charge is 0.392 e. The van der Waals surface area contributed by atoms with Crippen LogP contribution in [-0.4, -0.2) is 20.8 Å². The number of benzene rings is 1. The molecule has 0 aliphatic rings. The fourth-order valence-electron chi connectivity index (χ4n) is 1.56. The number of fused-ring (bicyclic) bond motifs is 1. The van der Waals surface area contributed by atoms with Crippen molar-refractivity contribution < 1.29 is 9.50 Å². The first-order valence-electron chi connectivity index (χ1n) is 5.15. The number of rotatable bonds is 3. The average Bonchev–Trinajstić information content (AvgIpc) is 2.38. The number of hydrogen-bond acceptors (Lipinski definition) is 4. The number of halogens is 3. The van der Waals surface area contributed by atoms with Crippen LogP contribution in [0.4, 0.5) is 4.39 Å². The Kier molecular flexibility index (Phi) is 4.63. The van der Waals surface area contributed by atoms with Crippen molar-refractivity contribution in [1.82, 2.24) is 9.97 Å². The molecule has 96 valence electrons. The lowest BCUT2D eigenvalue weighted by atomic mass is 10.1. The minimum Gasteiger partial charge on any atom is -0.392 e. The second-order valence-corrected chi connectivity index (χ2v) is 6.11. The first kappa shape index (κ1) is 14.2. The van der Waals surface area contributed by atoms with Crippen molar-refractivity contribution in [2.45, 2.75) is 18.7 Å². The van der Waals surface area contributed by atoms with Gasteiger partial charge in [-0.05, 0) is 28.3 Å². The van der Waals surface area contributed by atoms with Gasteiger partial charge in [0.15, 0.2) is 11.0 Å². The van der Waals surface area contributed by atoms with Gasteiger partial charge in [-0.25, -0.2) is 14.4 Å². The van der Waals surface area contributed by atoms with Gasteiger partial charge in [-0.3, -0.25) is 0 Å². The Hall–Kier alpha value is -0.180. The zero-order valence-corrected chi connectivity index (χ0v) is 13.1. The minimum absolute atomic E-state index is 0.207. The van der Waals surface area contributed by atoms with Gasteiger partial charge >= 0.3 is 0 Å². The van der Waals surface area contributed by atoms with E-state index in [1.807, 2.05) is 29.5 Å². The molecular weight excluding hydrogens is 390 g/mol. The zero-order chi connectivity index (χ0) is 13.3. The highest BCUT2D eigenvalue weighted by molar-refractivity contribution is 14.1. The van der Waals surface area contributed by atoms with Crippen LogP contribution in [0.25, 0.3) is 10.9 Å². The van der Waals surface area contributed by atoms with Gasteiger partial charge in [0.2, 0.25) is 0 Å². The molecule has 0 bridgehead atoms. The summed E-state index contributed by atoms with van der Waals surface area (Å²) >= 11 is 9.26. The number of thioether (sulfide) groups is 1. The van der Waals surface area contributed by atoms with Gasteiger partial charge in [0, 0.05) is 17.1 Å². The Balaban J connectivity index is 2.78. The second-order valence-electron chi connectivity index (χ2n) is 3.43. The van der Waals surface area contributed by atoms with Crippen LogP contribution in [0.3, 0.4) is 0 Å². The van der Waals surface area contributed by atoms with E-state index in [-0.39, 0.29) is 20.7 Å². The van der Waals surface area contributed by atoms with Crippen LogP contribution in [0.1, 0.15) is 12.5 Å². The number of aromatic nitrogens is 2. The normalized spacial score (nSPS) is 11.2. The van der Waals surface area contributed by atoms with E-state index in [4.69, 9.17) is 11.6 Å². The number of nitrogens with zero attached hydrogens (tertiary/aromatic N) is 2. The lowest BCUT2D eigenvalue weighted by Gasteiger charge is -2.10. The molecule has 0 amide bonds. The fraction of sp³-hybridized carbons (Fsp3) is 0.273. The predicted octanol–water partition coefficient (Wildman–Crippen LogP) is 3.63. The van der Waals surface area contributed by atoms with Crippen LogP contribution < -0.4 is 0 Å². The summed E-state index contributed by atoms with van der Waals surface area (Å²) in [6, 6.07) is 0. The Bertz CT molecular complexity index is 611. The summed E-state index contributed by atoms with van der Waals surface area (Å²) in [5, 5.41) is 10.5. The van der Waals surface area contributed by atoms with Gasteiger partial charge in [0.05, 0.1) is 15.2 Å². The van der Waals surface area contributed by atoms with Crippen molar-refractivity contribution in [3.8, 4) is 0 Å². The summed E-state index contributed by atoms with van der Waals surface area (Å²) in [6.45, 7) is 1.70. The highest BCUT2D eigenvalue weighted by atomic mass is 127. The maximum atomic E-state index is 14.1. The molecule has 1 aromatic carbocycles. The molecule has 0 aliphatic heterocycles. The van der Waals surface area contributed by atoms with E-state index in [2.05, 4.69) is 9.97 Å². The molecule has 18 heavy (non-hydrogen) atoms. The summed E-state index contributed by atoms with van der Waals surface area (Å²) in [5.41, 5.74) is 0.671. The lowest BCUT2D eigenvalue weighted by Crippen LogP contribution is -1.99. The summed E-state index contributed by atoms with van der Waals surface area (Å²) < 4.78 is 14.4. The van der Waals surface area contributed by atoms with Crippen LogP contribution in [0, 0.1) is 9.39 Å². The molecule has 3 nitrogen and oxygen atoms in total. The van der Waals surface area contributed by atoms with Crippen LogP contribution in [0.2, 0.25) is 5.02 Å². The molecule has 0 atom stereocenters. The predicted molar refractivity (Wildman–Crippen MR) is 79.5 cm³/mol. The Morgan fingerprint density at radius 1 is 1.56 bits per heavy atom. The zero-order valence-electron chi connectivity index (χ0n) is 9.38. The second kappa shape index (κ2) is 5.85. The number of hydrogen-bond donors (Lipinski definition) is 1. The Morgan fingerprint density at radius 3 is 2.89 bits per heavy atom. The van der Waals surface area contributed by atoms with E-state index >= 15 is 0 Å². The molecule has 2 aromatic rings. The molecule has 0 fully saturated rings. The third kappa shape index (κ3) is 2.43. The number of aliphatic hydroxyl groups is 1.